The lowest BCUT2D eigenvalue weighted by Crippen LogP contribution is -2.16. The summed E-state index contributed by atoms with van der Waals surface area (Å²) in [6.07, 6.45) is 1.34. The highest BCUT2D eigenvalue weighted by Crippen LogP contribution is 1.83. The highest BCUT2D eigenvalue weighted by molar-refractivity contribution is 5.92. The Kier molecular flexibility index (Phi) is 3.18. The van der Waals surface area contributed by atoms with Gasteiger partial charge in [-0.15, -0.1) is 5.73 Å². The van der Waals surface area contributed by atoms with E-state index >= 15 is 0 Å². The third-order valence-electron chi connectivity index (χ3n) is 0.693. The molecule has 0 saturated heterocycles. The minimum absolute atomic E-state index is 0.203. The second-order valence-electron chi connectivity index (χ2n) is 1.60. The van der Waals surface area contributed by atoms with Crippen LogP contribution >= 0.6 is 0 Å². The van der Waals surface area contributed by atoms with E-state index in [9.17, 15) is 4.79 Å². The van der Waals surface area contributed by atoms with E-state index in [0.717, 1.165) is 0 Å². The average molecular weight is 123 g/mol. The van der Waals surface area contributed by atoms with Crippen molar-refractivity contribution in [1.29, 1.82) is 0 Å². The minimum atomic E-state index is -0.203. The molecule has 1 N–H and O–H groups in total. The summed E-state index contributed by atoms with van der Waals surface area (Å²) in [6, 6.07) is 0. The van der Waals surface area contributed by atoms with E-state index in [1.54, 1.807) is 6.92 Å². The monoisotopic (exact) mass is 123 g/mol. The largest absolute Gasteiger partial charge is 0.322 e. The summed E-state index contributed by atoms with van der Waals surface area (Å²) in [5, 5.41) is 2.39. The standard InChI is InChI=1S/C7H9NO/c1-4-5-8-7(9)6(2)3/h5H,1-2H2,3H3,(H,8,9). The Morgan fingerprint density at radius 2 is 2.33 bits per heavy atom. The molecule has 0 saturated carbocycles. The Labute approximate surface area is 54.6 Å². The maximum Gasteiger partial charge on any atom is 0.250 e. The van der Waals surface area contributed by atoms with Crippen molar-refractivity contribution in [3.63, 3.8) is 0 Å². The summed E-state index contributed by atoms with van der Waals surface area (Å²) in [5.74, 6) is -0.203. The highest BCUT2D eigenvalue weighted by atomic mass is 16.1. The van der Waals surface area contributed by atoms with Crippen LogP contribution in [0.3, 0.4) is 0 Å². The van der Waals surface area contributed by atoms with Gasteiger partial charge in [0.05, 0.1) is 0 Å². The molecule has 0 unspecified atom stereocenters. The predicted molar refractivity (Wildman–Crippen MR) is 36.7 cm³/mol. The molecule has 0 bridgehead atoms. The predicted octanol–water partition coefficient (Wildman–Crippen LogP) is 0.977. The van der Waals surface area contributed by atoms with Gasteiger partial charge in [-0.05, 0) is 6.92 Å². The van der Waals surface area contributed by atoms with Crippen LogP contribution in [0.25, 0.3) is 0 Å². The second kappa shape index (κ2) is 3.70. The molecular formula is C7H9NO. The Morgan fingerprint density at radius 3 is 2.67 bits per heavy atom. The molecule has 2 nitrogen and oxygen atoms in total. The zero-order valence-electron chi connectivity index (χ0n) is 5.40. The number of carbonyl (C=O) groups excluding carboxylic acids is 1. The van der Waals surface area contributed by atoms with Crippen molar-refractivity contribution in [1.82, 2.24) is 5.32 Å². The summed E-state index contributed by atoms with van der Waals surface area (Å²) in [7, 11) is 0. The quantitative estimate of drug-likeness (QED) is 0.430. The average Bonchev–Trinajstić information content (AvgIpc) is 1.82. The number of amides is 1. The van der Waals surface area contributed by atoms with Gasteiger partial charge in [0.1, 0.15) is 0 Å². The van der Waals surface area contributed by atoms with E-state index in [4.69, 9.17) is 0 Å². The molecule has 0 heterocycles. The Bertz CT molecular complexity index is 175. The summed E-state index contributed by atoms with van der Waals surface area (Å²) in [5.41, 5.74) is 2.88. The molecule has 0 spiro atoms. The molecule has 0 radical (unpaired) electrons. The van der Waals surface area contributed by atoms with Crippen molar-refractivity contribution in [3.05, 3.63) is 30.7 Å². The van der Waals surface area contributed by atoms with Gasteiger partial charge in [0.2, 0.25) is 0 Å². The maximum absolute atomic E-state index is 10.6. The lowest BCUT2D eigenvalue weighted by Gasteiger charge is -1.93. The molecule has 0 aliphatic rings. The molecule has 0 fully saturated rings. The van der Waals surface area contributed by atoms with Crippen molar-refractivity contribution >= 4 is 5.91 Å². The van der Waals surface area contributed by atoms with E-state index < -0.39 is 0 Å². The first-order chi connectivity index (χ1) is 4.18. The van der Waals surface area contributed by atoms with E-state index in [2.05, 4.69) is 24.2 Å². The SMILES string of the molecule is C=C=CNC(=O)C(=C)C. The zero-order valence-corrected chi connectivity index (χ0v) is 5.40. The van der Waals surface area contributed by atoms with Crippen molar-refractivity contribution in [2.24, 2.45) is 0 Å². The minimum Gasteiger partial charge on any atom is -0.322 e. The molecule has 0 atom stereocenters. The lowest BCUT2D eigenvalue weighted by molar-refractivity contribution is -0.116. The van der Waals surface area contributed by atoms with E-state index in [0.29, 0.717) is 5.57 Å². The molecule has 48 valence electrons. The van der Waals surface area contributed by atoms with Crippen molar-refractivity contribution in [3.8, 4) is 0 Å². The van der Waals surface area contributed by atoms with Gasteiger partial charge in [-0.2, -0.15) is 0 Å². The Hall–Kier alpha value is -1.27. The first-order valence-electron chi connectivity index (χ1n) is 2.49. The van der Waals surface area contributed by atoms with E-state index in [1.807, 2.05) is 0 Å². The molecule has 9 heavy (non-hydrogen) atoms. The van der Waals surface area contributed by atoms with Crippen molar-refractivity contribution in [2.45, 2.75) is 6.92 Å². The number of carbonyl (C=O) groups is 1. The smallest absolute Gasteiger partial charge is 0.250 e. The van der Waals surface area contributed by atoms with Gasteiger partial charge in [0.15, 0.2) is 0 Å². The molecule has 0 aliphatic heterocycles. The fourth-order valence-electron chi connectivity index (χ4n) is 0.240. The fourth-order valence-corrected chi connectivity index (χ4v) is 0.240. The van der Waals surface area contributed by atoms with Crippen LogP contribution in [-0.2, 0) is 4.79 Å². The normalized spacial score (nSPS) is 7.22. The highest BCUT2D eigenvalue weighted by Gasteiger charge is 1.94. The number of rotatable bonds is 2. The van der Waals surface area contributed by atoms with Gasteiger partial charge in [0, 0.05) is 11.8 Å². The van der Waals surface area contributed by atoms with E-state index in [1.165, 1.54) is 6.20 Å². The third kappa shape index (κ3) is 3.32. The molecule has 1 amide bonds. The first-order valence-corrected chi connectivity index (χ1v) is 2.49. The third-order valence-corrected chi connectivity index (χ3v) is 0.693. The van der Waals surface area contributed by atoms with Crippen LogP contribution in [-0.4, -0.2) is 5.91 Å². The van der Waals surface area contributed by atoms with E-state index in [-0.39, 0.29) is 5.91 Å². The molecule has 0 aromatic rings. The molecule has 0 aromatic carbocycles. The van der Waals surface area contributed by atoms with Crippen LogP contribution in [0, 0.1) is 0 Å². The molecule has 0 aromatic heterocycles. The number of hydrogen-bond donors (Lipinski definition) is 1. The van der Waals surface area contributed by atoms with Gasteiger partial charge in [0.25, 0.3) is 5.91 Å². The van der Waals surface area contributed by atoms with Gasteiger partial charge in [-0.1, -0.05) is 13.2 Å². The summed E-state index contributed by atoms with van der Waals surface area (Å²) < 4.78 is 0. The van der Waals surface area contributed by atoms with Gasteiger partial charge in [-0.25, -0.2) is 0 Å². The summed E-state index contributed by atoms with van der Waals surface area (Å²) in [6.45, 7) is 8.33. The van der Waals surface area contributed by atoms with Crippen LogP contribution in [0.1, 0.15) is 6.92 Å². The lowest BCUT2D eigenvalue weighted by atomic mass is 10.3. The first kappa shape index (κ1) is 7.73. The summed E-state index contributed by atoms with van der Waals surface area (Å²) >= 11 is 0. The molecule has 2 heteroatoms. The Balaban J connectivity index is 3.78. The molecule has 0 aliphatic carbocycles. The number of nitrogens with one attached hydrogen (secondary N) is 1. The van der Waals surface area contributed by atoms with Crippen LogP contribution in [0.4, 0.5) is 0 Å². The van der Waals surface area contributed by atoms with Gasteiger partial charge < -0.3 is 5.32 Å². The van der Waals surface area contributed by atoms with Crippen LogP contribution in [0.5, 0.6) is 0 Å². The van der Waals surface area contributed by atoms with Crippen LogP contribution in [0.2, 0.25) is 0 Å². The number of hydrogen-bond acceptors (Lipinski definition) is 1. The van der Waals surface area contributed by atoms with Crippen molar-refractivity contribution < 1.29 is 4.79 Å². The van der Waals surface area contributed by atoms with Gasteiger partial charge in [-0.3, -0.25) is 4.79 Å². The molecular weight excluding hydrogens is 114 g/mol. The van der Waals surface area contributed by atoms with Gasteiger partial charge >= 0.3 is 0 Å². The maximum atomic E-state index is 10.6. The fraction of sp³-hybridized carbons (Fsp3) is 0.143. The molecule has 0 rings (SSSR count). The zero-order chi connectivity index (χ0) is 7.28. The van der Waals surface area contributed by atoms with Crippen LogP contribution < -0.4 is 5.32 Å². The second-order valence-corrected chi connectivity index (χ2v) is 1.60. The topological polar surface area (TPSA) is 29.1 Å². The van der Waals surface area contributed by atoms with Crippen molar-refractivity contribution in [2.75, 3.05) is 0 Å². The van der Waals surface area contributed by atoms with Crippen LogP contribution in [0.15, 0.2) is 30.7 Å². The Morgan fingerprint density at radius 1 is 1.78 bits per heavy atom. The summed E-state index contributed by atoms with van der Waals surface area (Å²) in [4.78, 5) is 10.6.